The summed E-state index contributed by atoms with van der Waals surface area (Å²) in [4.78, 5) is 11.1. The van der Waals surface area contributed by atoms with E-state index in [2.05, 4.69) is 0 Å². The first-order chi connectivity index (χ1) is 11.8. The minimum Gasteiger partial charge on any atom is -0.478 e. The van der Waals surface area contributed by atoms with Gasteiger partial charge in [-0.15, -0.1) is 0 Å². The molecule has 25 heavy (non-hydrogen) atoms. The number of hydrogen-bond acceptors (Lipinski definition) is 4. The zero-order chi connectivity index (χ0) is 18.2. The second kappa shape index (κ2) is 6.55. The van der Waals surface area contributed by atoms with Gasteiger partial charge in [-0.25, -0.2) is 17.6 Å². The van der Waals surface area contributed by atoms with Gasteiger partial charge < -0.3 is 9.84 Å². The van der Waals surface area contributed by atoms with Gasteiger partial charge in [0, 0.05) is 17.7 Å². The van der Waals surface area contributed by atoms with Crippen molar-refractivity contribution in [2.45, 2.75) is 18.0 Å². The van der Waals surface area contributed by atoms with E-state index in [0.29, 0.717) is 0 Å². The van der Waals surface area contributed by atoms with Crippen LogP contribution in [0, 0.1) is 12.7 Å². The van der Waals surface area contributed by atoms with Gasteiger partial charge in [0.25, 0.3) is 0 Å². The standard InChI is InChI=1S/C17H16FNO5S/c1-11-6-7-15(13(10-11)12-4-2-3-5-14(12)18)25(22,23)19-8-9-24-16(19)17(20)21/h2-7,10,16H,8-9H2,1H3,(H,20,21). The Balaban J connectivity index is 2.18. The number of benzene rings is 2. The van der Waals surface area contributed by atoms with Gasteiger partial charge in [0.1, 0.15) is 5.82 Å². The van der Waals surface area contributed by atoms with Gasteiger partial charge in [-0.1, -0.05) is 29.8 Å². The van der Waals surface area contributed by atoms with E-state index in [1.54, 1.807) is 25.1 Å². The van der Waals surface area contributed by atoms with Crippen LogP contribution < -0.4 is 0 Å². The van der Waals surface area contributed by atoms with Crippen molar-refractivity contribution in [3.63, 3.8) is 0 Å². The maximum Gasteiger partial charge on any atom is 0.349 e. The highest BCUT2D eigenvalue weighted by Crippen LogP contribution is 2.33. The smallest absolute Gasteiger partial charge is 0.349 e. The SMILES string of the molecule is Cc1ccc(S(=O)(=O)N2CCOC2C(=O)O)c(-c2ccccc2F)c1. The van der Waals surface area contributed by atoms with E-state index in [9.17, 15) is 22.7 Å². The Labute approximate surface area is 144 Å². The molecule has 1 unspecified atom stereocenters. The molecule has 2 aromatic rings. The number of halogens is 1. The van der Waals surface area contributed by atoms with Crippen LogP contribution in [-0.2, 0) is 19.6 Å². The lowest BCUT2D eigenvalue weighted by molar-refractivity contribution is -0.151. The lowest BCUT2D eigenvalue weighted by Crippen LogP contribution is -2.41. The van der Waals surface area contributed by atoms with Crippen LogP contribution in [0.4, 0.5) is 4.39 Å². The lowest BCUT2D eigenvalue weighted by Gasteiger charge is -2.21. The van der Waals surface area contributed by atoms with Crippen molar-refractivity contribution in [1.29, 1.82) is 0 Å². The van der Waals surface area contributed by atoms with Crippen LogP contribution in [0.15, 0.2) is 47.4 Å². The molecule has 1 aliphatic rings. The molecule has 1 atom stereocenters. The molecule has 0 spiro atoms. The minimum absolute atomic E-state index is 0.0168. The molecule has 0 saturated carbocycles. The van der Waals surface area contributed by atoms with Crippen molar-refractivity contribution >= 4 is 16.0 Å². The van der Waals surface area contributed by atoms with Crippen molar-refractivity contribution in [3.05, 3.63) is 53.8 Å². The van der Waals surface area contributed by atoms with E-state index in [-0.39, 0.29) is 29.2 Å². The maximum atomic E-state index is 14.2. The Morgan fingerprint density at radius 2 is 1.96 bits per heavy atom. The summed E-state index contributed by atoms with van der Waals surface area (Å²) in [5.41, 5.74) is 1.08. The number of carbonyl (C=O) groups is 1. The van der Waals surface area contributed by atoms with E-state index >= 15 is 0 Å². The predicted octanol–water partition coefficient (Wildman–Crippen LogP) is 2.23. The summed E-state index contributed by atoms with van der Waals surface area (Å²) in [6, 6.07) is 10.4. The number of aliphatic carboxylic acids is 1. The van der Waals surface area contributed by atoms with Crippen LogP contribution in [0.2, 0.25) is 0 Å². The molecule has 2 aromatic carbocycles. The van der Waals surface area contributed by atoms with Crippen LogP contribution in [-0.4, -0.2) is 43.2 Å². The van der Waals surface area contributed by atoms with Crippen LogP contribution in [0.1, 0.15) is 5.56 Å². The molecule has 1 heterocycles. The molecule has 0 radical (unpaired) electrons. The molecule has 1 N–H and O–H groups in total. The Morgan fingerprint density at radius 1 is 1.24 bits per heavy atom. The van der Waals surface area contributed by atoms with E-state index in [1.165, 1.54) is 24.3 Å². The molecule has 3 rings (SSSR count). The van der Waals surface area contributed by atoms with Gasteiger partial charge in [0.05, 0.1) is 11.5 Å². The molecule has 1 fully saturated rings. The normalized spacial score (nSPS) is 18.4. The fourth-order valence-corrected chi connectivity index (χ4v) is 4.44. The third kappa shape index (κ3) is 3.15. The number of rotatable bonds is 4. The first-order valence-corrected chi connectivity index (χ1v) is 8.98. The quantitative estimate of drug-likeness (QED) is 0.898. The maximum absolute atomic E-state index is 14.2. The third-order valence-corrected chi connectivity index (χ3v) is 5.85. The number of aryl methyl sites for hydroxylation is 1. The van der Waals surface area contributed by atoms with Gasteiger partial charge in [-0.2, -0.15) is 4.31 Å². The number of hydrogen-bond donors (Lipinski definition) is 1. The zero-order valence-corrected chi connectivity index (χ0v) is 14.2. The Morgan fingerprint density at radius 3 is 2.64 bits per heavy atom. The molecule has 132 valence electrons. The first kappa shape index (κ1) is 17.5. The molecule has 8 heteroatoms. The second-order valence-corrected chi connectivity index (χ2v) is 7.52. The van der Waals surface area contributed by atoms with Gasteiger partial charge in [0.2, 0.25) is 16.3 Å². The van der Waals surface area contributed by atoms with Crippen LogP contribution in [0.3, 0.4) is 0 Å². The van der Waals surface area contributed by atoms with E-state index in [4.69, 9.17) is 4.74 Å². The van der Waals surface area contributed by atoms with Gasteiger partial charge in [-0.05, 0) is 25.1 Å². The molecular formula is C17H16FNO5S. The summed E-state index contributed by atoms with van der Waals surface area (Å²) in [6.45, 7) is 1.67. The molecule has 1 saturated heterocycles. The summed E-state index contributed by atoms with van der Waals surface area (Å²) in [6.07, 6.45) is -1.58. The highest BCUT2D eigenvalue weighted by Gasteiger charge is 2.41. The molecule has 6 nitrogen and oxygen atoms in total. The highest BCUT2D eigenvalue weighted by molar-refractivity contribution is 7.89. The van der Waals surface area contributed by atoms with Crippen molar-refractivity contribution < 1.29 is 27.4 Å². The molecular weight excluding hydrogens is 349 g/mol. The zero-order valence-electron chi connectivity index (χ0n) is 13.3. The molecule has 0 amide bonds. The Hall–Kier alpha value is -2.29. The topological polar surface area (TPSA) is 83.9 Å². The van der Waals surface area contributed by atoms with Crippen LogP contribution >= 0.6 is 0 Å². The van der Waals surface area contributed by atoms with Gasteiger partial charge in [0.15, 0.2) is 0 Å². The first-order valence-electron chi connectivity index (χ1n) is 7.54. The Kier molecular flexibility index (Phi) is 4.59. The van der Waals surface area contributed by atoms with Crippen LogP contribution in [0.25, 0.3) is 11.1 Å². The summed E-state index contributed by atoms with van der Waals surface area (Å²) >= 11 is 0. The summed E-state index contributed by atoms with van der Waals surface area (Å²) in [7, 11) is -4.18. The average Bonchev–Trinajstić information content (AvgIpc) is 3.06. The van der Waals surface area contributed by atoms with Crippen molar-refractivity contribution in [2.24, 2.45) is 0 Å². The van der Waals surface area contributed by atoms with Crippen LogP contribution in [0.5, 0.6) is 0 Å². The summed E-state index contributed by atoms with van der Waals surface area (Å²) in [5, 5.41) is 9.18. The van der Waals surface area contributed by atoms with Crippen molar-refractivity contribution in [1.82, 2.24) is 4.31 Å². The number of nitrogens with zero attached hydrogens (tertiary/aromatic N) is 1. The monoisotopic (exact) mass is 365 g/mol. The minimum atomic E-state index is -4.18. The molecule has 0 aliphatic carbocycles. The molecule has 0 bridgehead atoms. The Bertz CT molecular complexity index is 928. The van der Waals surface area contributed by atoms with E-state index in [0.717, 1.165) is 9.87 Å². The lowest BCUT2D eigenvalue weighted by atomic mass is 10.0. The van der Waals surface area contributed by atoms with Gasteiger partial charge in [-0.3, -0.25) is 0 Å². The van der Waals surface area contributed by atoms with E-state index < -0.39 is 28.0 Å². The summed E-state index contributed by atoms with van der Waals surface area (Å²) < 4.78 is 46.1. The second-order valence-electron chi connectivity index (χ2n) is 5.66. The fraction of sp³-hybridized carbons (Fsp3) is 0.235. The molecule has 1 aliphatic heterocycles. The molecule has 0 aromatic heterocycles. The van der Waals surface area contributed by atoms with Crippen molar-refractivity contribution in [3.8, 4) is 11.1 Å². The number of carboxylic acid groups (broad SMARTS) is 1. The number of ether oxygens (including phenoxy) is 1. The predicted molar refractivity (Wildman–Crippen MR) is 87.8 cm³/mol. The third-order valence-electron chi connectivity index (χ3n) is 3.95. The van der Waals surface area contributed by atoms with E-state index in [1.807, 2.05) is 0 Å². The number of sulfonamides is 1. The van der Waals surface area contributed by atoms with Gasteiger partial charge >= 0.3 is 5.97 Å². The fourth-order valence-electron chi connectivity index (χ4n) is 2.78. The number of carboxylic acids is 1. The largest absolute Gasteiger partial charge is 0.478 e. The average molecular weight is 365 g/mol. The van der Waals surface area contributed by atoms with Crippen molar-refractivity contribution in [2.75, 3.05) is 13.2 Å². The summed E-state index contributed by atoms with van der Waals surface area (Å²) in [5.74, 6) is -1.95. The highest BCUT2D eigenvalue weighted by atomic mass is 32.2.